The molecule has 0 aromatic rings. The minimum Gasteiger partial charge on any atom is -0.726 e. The molecule has 0 radical (unpaired) electrons. The van der Waals surface area contributed by atoms with Crippen molar-refractivity contribution in [2.24, 2.45) is 39.9 Å². The number of rotatable bonds is 12. The maximum atomic E-state index is 13.1. The van der Waals surface area contributed by atoms with Crippen molar-refractivity contribution in [3.8, 4) is 0 Å². The van der Waals surface area contributed by atoms with Gasteiger partial charge >= 0.3 is 11.9 Å². The van der Waals surface area contributed by atoms with E-state index in [4.69, 9.17) is 14.2 Å². The molecule has 3 N–H and O–H groups in total. The number of esters is 1. The predicted molar refractivity (Wildman–Crippen MR) is 163 cm³/mol. The van der Waals surface area contributed by atoms with E-state index in [1.807, 2.05) is 0 Å². The van der Waals surface area contributed by atoms with Crippen molar-refractivity contribution < 1.29 is 83.3 Å². The summed E-state index contributed by atoms with van der Waals surface area (Å²) in [6.07, 6.45) is -12.4. The zero-order chi connectivity index (χ0) is 38.1. The molecule has 5 fully saturated rings. The first kappa shape index (κ1) is 39.9. The Morgan fingerprint density at radius 3 is 2.16 bits per heavy atom. The summed E-state index contributed by atoms with van der Waals surface area (Å²) in [4.78, 5) is 39.0. The van der Waals surface area contributed by atoms with Crippen LogP contribution in [-0.2, 0) is 57.8 Å². The SMILES string of the molecule is C=C1C2CC[C@@H]3[C@@](CCC4C(C(=O)[O-])(C(=O)O)C[C@@H](O[C@@H]5O[C@H](CO)[C@@H](OS(=O)(=O)[O-])[C@H](OS(=O)(=O)[O-])[C@H]5OC(=O)CC(C)C)C[C@]43C)(C2)[C@H]1O. The summed E-state index contributed by atoms with van der Waals surface area (Å²) in [7, 11) is -11.5. The smallest absolute Gasteiger partial charge is 0.315 e. The summed E-state index contributed by atoms with van der Waals surface area (Å²) in [6.45, 7) is 7.87. The Morgan fingerprint density at radius 2 is 1.61 bits per heavy atom. The monoisotopic (exact) mass is 767 g/mol. The zero-order valence-electron chi connectivity index (χ0n) is 28.2. The van der Waals surface area contributed by atoms with Gasteiger partial charge in [-0.25, -0.2) is 16.8 Å². The van der Waals surface area contributed by atoms with Gasteiger partial charge in [-0.2, -0.15) is 0 Å². The molecule has 1 aliphatic heterocycles. The summed E-state index contributed by atoms with van der Waals surface area (Å²) < 4.78 is 96.9. The van der Waals surface area contributed by atoms with Crippen LogP contribution < -0.4 is 5.11 Å². The summed E-state index contributed by atoms with van der Waals surface area (Å²) in [5, 5.41) is 45.2. The molecule has 290 valence electrons. The van der Waals surface area contributed by atoms with Crippen LogP contribution in [0, 0.1) is 39.9 Å². The van der Waals surface area contributed by atoms with Crippen LogP contribution in [0.15, 0.2) is 12.2 Å². The maximum absolute atomic E-state index is 13.1. The molecular formula is C31H43O18S2-3. The molecule has 5 aliphatic rings. The maximum Gasteiger partial charge on any atom is 0.315 e. The third kappa shape index (κ3) is 7.20. The number of hydrogen-bond donors (Lipinski definition) is 3. The highest BCUT2D eigenvalue weighted by molar-refractivity contribution is 7.81. The van der Waals surface area contributed by atoms with Crippen LogP contribution >= 0.6 is 0 Å². The molecule has 0 aromatic heterocycles. The minimum absolute atomic E-state index is 0.0343. The van der Waals surface area contributed by atoms with E-state index in [0.717, 1.165) is 0 Å². The van der Waals surface area contributed by atoms with Gasteiger partial charge in [0.05, 0.1) is 24.8 Å². The first-order chi connectivity index (χ1) is 23.5. The molecule has 2 bridgehead atoms. The normalized spacial score (nSPS) is 42.5. The Bertz CT molecular complexity index is 1610. The van der Waals surface area contributed by atoms with Crippen molar-refractivity contribution in [2.75, 3.05) is 6.61 Å². The lowest BCUT2D eigenvalue weighted by atomic mass is 9.40. The second kappa shape index (κ2) is 13.9. The van der Waals surface area contributed by atoms with Gasteiger partial charge in [0, 0.05) is 11.8 Å². The number of aliphatic hydroxyl groups is 2. The third-order valence-electron chi connectivity index (χ3n) is 12.0. The second-order valence-corrected chi connectivity index (χ2v) is 17.3. The van der Waals surface area contributed by atoms with Crippen LogP contribution in [0.4, 0.5) is 0 Å². The van der Waals surface area contributed by atoms with Crippen LogP contribution in [0.1, 0.15) is 72.1 Å². The van der Waals surface area contributed by atoms with Crippen molar-refractivity contribution in [1.82, 2.24) is 0 Å². The fourth-order valence-electron chi connectivity index (χ4n) is 10.2. The zero-order valence-corrected chi connectivity index (χ0v) is 29.8. The number of ether oxygens (including phenoxy) is 3. The molecular weight excluding hydrogens is 724 g/mol. The van der Waals surface area contributed by atoms with Crippen LogP contribution in [0.3, 0.4) is 0 Å². The van der Waals surface area contributed by atoms with Gasteiger partial charge in [-0.15, -0.1) is 0 Å². The first-order valence-electron chi connectivity index (χ1n) is 16.7. The Kier molecular flexibility index (Phi) is 10.8. The third-order valence-corrected chi connectivity index (χ3v) is 12.9. The fraction of sp³-hybridized carbons (Fsp3) is 0.839. The Morgan fingerprint density at radius 1 is 0.980 bits per heavy atom. The number of hydrogen-bond acceptors (Lipinski definition) is 17. The molecule has 18 nitrogen and oxygen atoms in total. The molecule has 0 aromatic carbocycles. The summed E-state index contributed by atoms with van der Waals surface area (Å²) in [5.41, 5.74) is -3.76. The highest BCUT2D eigenvalue weighted by atomic mass is 32.3. The molecule has 5 rings (SSSR count). The van der Waals surface area contributed by atoms with Crippen molar-refractivity contribution in [2.45, 2.75) is 115 Å². The molecule has 13 atom stereocenters. The van der Waals surface area contributed by atoms with Crippen molar-refractivity contribution in [3.05, 3.63) is 12.2 Å². The number of carboxylic acids is 2. The molecule has 51 heavy (non-hydrogen) atoms. The summed E-state index contributed by atoms with van der Waals surface area (Å²) >= 11 is 0. The van der Waals surface area contributed by atoms with E-state index < -0.39 is 123 Å². The average molecular weight is 768 g/mol. The first-order valence-corrected chi connectivity index (χ1v) is 19.4. The molecule has 1 saturated heterocycles. The van der Waals surface area contributed by atoms with E-state index in [1.165, 1.54) is 0 Å². The Balaban J connectivity index is 1.59. The number of fused-ring (bicyclic) bond motifs is 3. The van der Waals surface area contributed by atoms with Crippen LogP contribution in [0.25, 0.3) is 0 Å². The predicted octanol–water partition coefficient (Wildman–Crippen LogP) is -0.898. The standard InChI is InChI=1S/C31H46O18S2/c1-14(2)9-21(33)47-24-23(49-51(42,43)44)22(48-50(39,40)41)18(13-32)46-26(24)45-17-11-29(4)19-6-5-16-10-30(19,25(34)15(16)3)8-7-20(29)31(12-17,27(35)36)28(37)38/h14,16-20,22-26,32,34H,3,5-13H2,1-2,4H3,(H,35,36)(H,37,38)(H,39,40,41)(H,42,43,44)/p-3/t16?,17-,18+,19-,20?,22+,23-,24+,25-,26+,29-,30+/m0/s1. The quantitative estimate of drug-likeness (QED) is 0.0541. The van der Waals surface area contributed by atoms with Gasteiger partial charge < -0.3 is 48.5 Å². The molecule has 0 amide bonds. The Hall–Kier alpha value is -2.27. The summed E-state index contributed by atoms with van der Waals surface area (Å²) in [6, 6.07) is 0. The van der Waals surface area contributed by atoms with Gasteiger partial charge in [-0.1, -0.05) is 27.4 Å². The van der Waals surface area contributed by atoms with E-state index in [0.29, 0.717) is 31.3 Å². The molecule has 1 heterocycles. The average Bonchev–Trinajstić information content (AvgIpc) is 3.16. The molecule has 4 aliphatic carbocycles. The van der Waals surface area contributed by atoms with Gasteiger partial charge in [-0.05, 0) is 79.6 Å². The van der Waals surface area contributed by atoms with Gasteiger partial charge in [-0.3, -0.25) is 18.0 Å². The van der Waals surface area contributed by atoms with Gasteiger partial charge in [0.1, 0.15) is 23.7 Å². The lowest BCUT2D eigenvalue weighted by Gasteiger charge is -2.65. The topological polar surface area (TPSA) is 296 Å². The van der Waals surface area contributed by atoms with Crippen molar-refractivity contribution >= 4 is 38.7 Å². The lowest BCUT2D eigenvalue weighted by Crippen LogP contribution is -2.68. The second-order valence-electron chi connectivity index (χ2n) is 15.3. The van der Waals surface area contributed by atoms with Crippen molar-refractivity contribution in [3.63, 3.8) is 0 Å². The number of aliphatic hydroxyl groups excluding tert-OH is 2. The number of carbonyl (C=O) groups excluding carboxylic acids is 2. The largest absolute Gasteiger partial charge is 0.726 e. The Labute approximate surface area is 295 Å². The van der Waals surface area contributed by atoms with Crippen LogP contribution in [0.5, 0.6) is 0 Å². The number of aliphatic carboxylic acids is 2. The number of carbonyl (C=O) groups is 3. The minimum atomic E-state index is -5.79. The van der Waals surface area contributed by atoms with E-state index in [-0.39, 0.29) is 31.1 Å². The van der Waals surface area contributed by atoms with E-state index in [1.54, 1.807) is 20.8 Å². The molecule has 1 spiro atoms. The highest BCUT2D eigenvalue weighted by Crippen LogP contribution is 2.72. The van der Waals surface area contributed by atoms with Crippen molar-refractivity contribution in [1.29, 1.82) is 0 Å². The summed E-state index contributed by atoms with van der Waals surface area (Å²) in [5.74, 6) is -6.40. The van der Waals surface area contributed by atoms with E-state index >= 15 is 0 Å². The molecule has 4 saturated carbocycles. The van der Waals surface area contributed by atoms with Gasteiger partial charge in [0.25, 0.3) is 0 Å². The number of carboxylic acid groups (broad SMARTS) is 2. The van der Waals surface area contributed by atoms with Crippen LogP contribution in [-0.4, -0.2) is 109 Å². The fourth-order valence-corrected chi connectivity index (χ4v) is 11.2. The van der Waals surface area contributed by atoms with Gasteiger partial charge in [0.2, 0.25) is 20.8 Å². The molecule has 3 unspecified atom stereocenters. The van der Waals surface area contributed by atoms with Crippen LogP contribution in [0.2, 0.25) is 0 Å². The van der Waals surface area contributed by atoms with Gasteiger partial charge in [0.15, 0.2) is 12.4 Å². The highest BCUT2D eigenvalue weighted by Gasteiger charge is 2.70. The van der Waals surface area contributed by atoms with E-state index in [9.17, 15) is 60.8 Å². The lowest BCUT2D eigenvalue weighted by molar-refractivity contribution is -0.340. The van der Waals surface area contributed by atoms with E-state index in [2.05, 4.69) is 14.9 Å². The molecule has 20 heteroatoms.